The highest BCUT2D eigenvalue weighted by Gasteiger charge is 2.41. The molecule has 1 heterocycles. The van der Waals surface area contributed by atoms with Crippen molar-refractivity contribution in [3.8, 4) is 12.3 Å². The van der Waals surface area contributed by atoms with Crippen molar-refractivity contribution in [2.45, 2.75) is 11.2 Å². The van der Waals surface area contributed by atoms with Gasteiger partial charge in [0.1, 0.15) is 28.4 Å². The third-order valence-electron chi connectivity index (χ3n) is 9.33. The first-order chi connectivity index (χ1) is 23.9. The maximum Gasteiger partial charge on any atom is 0.179 e. The Hall–Kier alpha value is -3.42. The largest absolute Gasteiger partial charge is 1.00 e. The molecule has 0 aromatic heterocycles. The Morgan fingerprint density at radius 2 is 0.963 bits per heavy atom. The SMILES string of the molecule is C#CC(OCC=C)(c1ccc([NH+](C)C)cc1)c1ccc([NH+](C)C)cc1.C=CC1=CCOC1(c1ccc([NH+](C)C)cc1)c1ccc([NH+](C)C)cc1.[Cl-].[Cl-].[Cl-].[Cl-]. The minimum atomic E-state index is -0.922. The molecule has 10 heteroatoms. The van der Waals surface area contributed by atoms with Crippen LogP contribution in [0.5, 0.6) is 0 Å². The molecule has 0 radical (unpaired) electrons. The molecule has 54 heavy (non-hydrogen) atoms. The van der Waals surface area contributed by atoms with Crippen molar-refractivity contribution in [3.05, 3.63) is 156 Å². The molecular formula is C44H56Cl4N4O2. The minimum Gasteiger partial charge on any atom is -1.00 e. The van der Waals surface area contributed by atoms with Crippen LogP contribution in [-0.4, -0.2) is 69.6 Å². The van der Waals surface area contributed by atoms with E-state index in [-0.39, 0.29) is 49.6 Å². The summed E-state index contributed by atoms with van der Waals surface area (Å²) in [5.74, 6) is 2.90. The van der Waals surface area contributed by atoms with E-state index in [2.05, 4.69) is 179 Å². The highest BCUT2D eigenvalue weighted by atomic mass is 35.5. The molecule has 1 aliphatic heterocycles. The Bertz CT molecular complexity index is 1700. The van der Waals surface area contributed by atoms with Crippen molar-refractivity contribution < 1.29 is 78.7 Å². The van der Waals surface area contributed by atoms with Crippen molar-refractivity contribution >= 4 is 22.7 Å². The first kappa shape index (κ1) is 50.6. The molecule has 292 valence electrons. The maximum atomic E-state index is 6.34. The van der Waals surface area contributed by atoms with Gasteiger partial charge in [-0.15, -0.1) is 13.0 Å². The fourth-order valence-electron chi connectivity index (χ4n) is 6.26. The molecule has 0 atom stereocenters. The summed E-state index contributed by atoms with van der Waals surface area (Å²) in [5, 5.41) is 0. The molecule has 0 spiro atoms. The second-order valence-electron chi connectivity index (χ2n) is 13.6. The zero-order valence-corrected chi connectivity index (χ0v) is 35.7. The fraction of sp³-hybridized carbons (Fsp3) is 0.273. The van der Waals surface area contributed by atoms with Crippen molar-refractivity contribution in [1.29, 1.82) is 0 Å². The number of nitrogens with one attached hydrogen (secondary N) is 4. The highest BCUT2D eigenvalue weighted by Crippen LogP contribution is 2.44. The summed E-state index contributed by atoms with van der Waals surface area (Å²) in [4.78, 5) is 5.16. The van der Waals surface area contributed by atoms with Crippen molar-refractivity contribution in [1.82, 2.24) is 0 Å². The normalized spacial score (nSPS) is 12.9. The Labute approximate surface area is 349 Å². The Morgan fingerprint density at radius 3 is 1.24 bits per heavy atom. The standard InChI is InChI=1S/2C22H26N2O.4ClH/c1-6-17-15-16-25-22(17,18-7-11-20(12-8-18)23(2)3)19-9-13-21(14-10-19)24(4)5;1-7-17-25-22(8-2,18-9-13-20(14-10-18)23(3)4)19-11-15-21(16-12-19)24(5)6;;;;/h6-15H,1,16H2,2-5H3;2,7,9-16H,1,17H2,3-6H3;4*1H. The van der Waals surface area contributed by atoms with E-state index >= 15 is 0 Å². The summed E-state index contributed by atoms with van der Waals surface area (Å²) in [6, 6.07) is 34.0. The van der Waals surface area contributed by atoms with E-state index < -0.39 is 11.2 Å². The van der Waals surface area contributed by atoms with E-state index in [1.807, 2.05) is 6.08 Å². The molecule has 0 bridgehead atoms. The monoisotopic (exact) mass is 812 g/mol. The maximum absolute atomic E-state index is 6.34. The van der Waals surface area contributed by atoms with Gasteiger partial charge < -0.3 is 78.7 Å². The van der Waals surface area contributed by atoms with Crippen molar-refractivity contribution in [2.75, 3.05) is 69.6 Å². The van der Waals surface area contributed by atoms with Crippen LogP contribution in [0.25, 0.3) is 0 Å². The van der Waals surface area contributed by atoms with Gasteiger partial charge in [-0.3, -0.25) is 0 Å². The van der Waals surface area contributed by atoms with Crippen LogP contribution in [0.4, 0.5) is 22.7 Å². The van der Waals surface area contributed by atoms with E-state index in [4.69, 9.17) is 15.9 Å². The van der Waals surface area contributed by atoms with E-state index in [0.29, 0.717) is 13.2 Å². The van der Waals surface area contributed by atoms with Gasteiger partial charge in [0, 0.05) is 11.1 Å². The van der Waals surface area contributed by atoms with Gasteiger partial charge in [0.15, 0.2) is 5.60 Å². The lowest BCUT2D eigenvalue weighted by molar-refractivity contribution is -0.786. The van der Waals surface area contributed by atoms with Gasteiger partial charge in [-0.1, -0.05) is 30.7 Å². The van der Waals surface area contributed by atoms with Crippen LogP contribution >= 0.6 is 0 Å². The van der Waals surface area contributed by atoms with Crippen LogP contribution < -0.4 is 69.2 Å². The van der Waals surface area contributed by atoms with Crippen LogP contribution in [0.15, 0.2) is 134 Å². The number of rotatable bonds is 12. The topological polar surface area (TPSA) is 36.2 Å². The Kier molecular flexibility index (Phi) is 21.4. The average Bonchev–Trinajstić information content (AvgIpc) is 3.58. The van der Waals surface area contributed by atoms with Gasteiger partial charge in [0.2, 0.25) is 0 Å². The number of hydrogen-bond acceptors (Lipinski definition) is 2. The first-order valence-corrected chi connectivity index (χ1v) is 17.3. The molecule has 0 aliphatic carbocycles. The summed E-state index contributed by atoms with van der Waals surface area (Å²) in [6.07, 6.45) is 11.8. The minimum absolute atomic E-state index is 0. The van der Waals surface area contributed by atoms with E-state index in [0.717, 1.165) is 27.8 Å². The molecule has 4 aromatic rings. The lowest BCUT2D eigenvalue weighted by Crippen LogP contribution is -3.00. The number of ether oxygens (including phenoxy) is 2. The predicted octanol–water partition coefficient (Wildman–Crippen LogP) is -9.04. The number of halogens is 4. The molecule has 0 amide bonds. The van der Waals surface area contributed by atoms with Crippen LogP contribution in [-0.2, 0) is 20.7 Å². The van der Waals surface area contributed by atoms with Crippen LogP contribution in [0, 0.1) is 12.3 Å². The smallest absolute Gasteiger partial charge is 0.179 e. The molecule has 4 aromatic carbocycles. The second kappa shape index (κ2) is 22.8. The average molecular weight is 815 g/mol. The number of terminal acetylenes is 1. The number of benzene rings is 4. The molecule has 6 nitrogen and oxygen atoms in total. The third kappa shape index (κ3) is 11.1. The molecule has 0 saturated carbocycles. The van der Waals surface area contributed by atoms with Gasteiger partial charge >= 0.3 is 0 Å². The number of hydrogen-bond donors (Lipinski definition) is 4. The molecule has 5 rings (SSSR count). The lowest BCUT2D eigenvalue weighted by Gasteiger charge is -2.32. The molecular weight excluding hydrogens is 758 g/mol. The molecule has 4 N–H and O–H groups in total. The third-order valence-corrected chi connectivity index (χ3v) is 9.33. The van der Waals surface area contributed by atoms with E-state index in [1.54, 1.807) is 6.08 Å². The van der Waals surface area contributed by atoms with Crippen molar-refractivity contribution in [2.24, 2.45) is 0 Å². The molecule has 0 unspecified atom stereocenters. The van der Waals surface area contributed by atoms with Crippen LogP contribution in [0.1, 0.15) is 22.3 Å². The van der Waals surface area contributed by atoms with Gasteiger partial charge in [0.05, 0.1) is 69.6 Å². The Morgan fingerprint density at radius 1 is 0.630 bits per heavy atom. The molecule has 1 aliphatic rings. The van der Waals surface area contributed by atoms with Gasteiger partial charge in [0.25, 0.3) is 0 Å². The van der Waals surface area contributed by atoms with E-state index in [9.17, 15) is 0 Å². The van der Waals surface area contributed by atoms with Crippen molar-refractivity contribution in [3.63, 3.8) is 0 Å². The molecule has 0 fully saturated rings. The fourth-order valence-corrected chi connectivity index (χ4v) is 6.26. The summed E-state index contributed by atoms with van der Waals surface area (Å²) < 4.78 is 12.5. The Balaban J connectivity index is 0.000000969. The highest BCUT2D eigenvalue weighted by molar-refractivity contribution is 5.54. The zero-order valence-electron chi connectivity index (χ0n) is 32.7. The summed E-state index contributed by atoms with van der Waals surface area (Å²) in [5.41, 5.74) is 8.73. The lowest BCUT2D eigenvalue weighted by atomic mass is 9.80. The summed E-state index contributed by atoms with van der Waals surface area (Å²) in [6.45, 7) is 8.76. The van der Waals surface area contributed by atoms with Crippen LogP contribution in [0.3, 0.4) is 0 Å². The summed E-state index contributed by atoms with van der Waals surface area (Å²) in [7, 11) is 16.9. The second-order valence-corrected chi connectivity index (χ2v) is 13.6. The van der Waals surface area contributed by atoms with Gasteiger partial charge in [-0.2, -0.15) is 0 Å². The first-order valence-electron chi connectivity index (χ1n) is 17.3. The quantitative estimate of drug-likeness (QED) is 0.0849. The number of quaternary nitrogens is 4. The van der Waals surface area contributed by atoms with Gasteiger partial charge in [-0.05, 0) is 114 Å². The molecule has 0 saturated heterocycles. The van der Waals surface area contributed by atoms with Gasteiger partial charge in [-0.25, -0.2) is 0 Å². The zero-order chi connectivity index (χ0) is 36.5. The van der Waals surface area contributed by atoms with Crippen LogP contribution in [0.2, 0.25) is 0 Å². The summed E-state index contributed by atoms with van der Waals surface area (Å²) >= 11 is 0. The predicted molar refractivity (Wildman–Crippen MR) is 206 cm³/mol. The van der Waals surface area contributed by atoms with E-state index in [1.165, 1.54) is 42.3 Å².